The van der Waals surface area contributed by atoms with Gasteiger partial charge in [0.15, 0.2) is 0 Å². The van der Waals surface area contributed by atoms with Crippen molar-refractivity contribution in [2.24, 2.45) is 5.73 Å². The zero-order chi connectivity index (χ0) is 15.1. The van der Waals surface area contributed by atoms with Crippen LogP contribution >= 0.6 is 0 Å². The van der Waals surface area contributed by atoms with Gasteiger partial charge in [0.1, 0.15) is 5.54 Å². The third kappa shape index (κ3) is 4.72. The highest BCUT2D eigenvalue weighted by molar-refractivity contribution is 5.80. The molecule has 21 heavy (non-hydrogen) atoms. The maximum absolute atomic E-state index is 12.1. The number of carbonyl (C=O) groups is 1. The van der Waals surface area contributed by atoms with Crippen LogP contribution in [-0.2, 0) is 22.4 Å². The predicted molar refractivity (Wildman–Crippen MR) is 83.8 cm³/mol. The molecule has 0 bridgehead atoms. The SMILES string of the molecule is CC(N)(Cc1ccccc1)C(=O)OCCc1ccccc1. The molecule has 0 aromatic heterocycles. The molecular formula is C18H21NO2. The van der Waals surface area contributed by atoms with Crippen molar-refractivity contribution in [2.75, 3.05) is 6.61 Å². The van der Waals surface area contributed by atoms with Crippen molar-refractivity contribution in [3.8, 4) is 0 Å². The number of hydrogen-bond donors (Lipinski definition) is 1. The number of ether oxygens (including phenoxy) is 1. The van der Waals surface area contributed by atoms with Crippen LogP contribution < -0.4 is 5.73 Å². The van der Waals surface area contributed by atoms with E-state index in [4.69, 9.17) is 10.5 Å². The molecule has 0 saturated carbocycles. The molecule has 0 heterocycles. The van der Waals surface area contributed by atoms with Crippen LogP contribution in [0.15, 0.2) is 60.7 Å². The molecule has 0 aliphatic heterocycles. The minimum absolute atomic E-state index is 0.352. The third-order valence-electron chi connectivity index (χ3n) is 3.35. The van der Waals surface area contributed by atoms with Crippen LogP contribution in [0, 0.1) is 0 Å². The van der Waals surface area contributed by atoms with E-state index in [9.17, 15) is 4.79 Å². The van der Waals surface area contributed by atoms with Crippen molar-refractivity contribution in [2.45, 2.75) is 25.3 Å². The minimum Gasteiger partial charge on any atom is -0.464 e. The monoisotopic (exact) mass is 283 g/mol. The molecule has 0 saturated heterocycles. The molecule has 0 fully saturated rings. The van der Waals surface area contributed by atoms with Gasteiger partial charge in [0.05, 0.1) is 6.61 Å². The fourth-order valence-corrected chi connectivity index (χ4v) is 2.16. The summed E-state index contributed by atoms with van der Waals surface area (Å²) in [5.41, 5.74) is 7.27. The molecule has 2 rings (SSSR count). The summed E-state index contributed by atoms with van der Waals surface area (Å²) in [5, 5.41) is 0. The molecule has 0 aliphatic rings. The van der Waals surface area contributed by atoms with Gasteiger partial charge in [0.25, 0.3) is 0 Å². The molecule has 110 valence electrons. The summed E-state index contributed by atoms with van der Waals surface area (Å²) in [6.45, 7) is 2.06. The van der Waals surface area contributed by atoms with Gasteiger partial charge in [-0.05, 0) is 18.1 Å². The lowest BCUT2D eigenvalue weighted by molar-refractivity contribution is -0.149. The Kier molecular flexibility index (Phi) is 5.12. The smallest absolute Gasteiger partial charge is 0.326 e. The van der Waals surface area contributed by atoms with Crippen molar-refractivity contribution in [1.29, 1.82) is 0 Å². The molecular weight excluding hydrogens is 262 g/mol. The van der Waals surface area contributed by atoms with E-state index >= 15 is 0 Å². The van der Waals surface area contributed by atoms with Gasteiger partial charge in [-0.15, -0.1) is 0 Å². The normalized spacial score (nSPS) is 13.4. The molecule has 1 unspecified atom stereocenters. The summed E-state index contributed by atoms with van der Waals surface area (Å²) < 4.78 is 5.32. The van der Waals surface area contributed by atoms with E-state index in [1.54, 1.807) is 6.92 Å². The van der Waals surface area contributed by atoms with Gasteiger partial charge in [-0.25, -0.2) is 0 Å². The molecule has 0 radical (unpaired) electrons. The second-order valence-electron chi connectivity index (χ2n) is 5.45. The lowest BCUT2D eigenvalue weighted by atomic mass is 9.94. The predicted octanol–water partition coefficient (Wildman–Crippen LogP) is 2.73. The van der Waals surface area contributed by atoms with E-state index < -0.39 is 5.54 Å². The zero-order valence-electron chi connectivity index (χ0n) is 12.3. The Balaban J connectivity index is 1.84. The number of esters is 1. The summed E-state index contributed by atoms with van der Waals surface area (Å²) >= 11 is 0. The van der Waals surface area contributed by atoms with Gasteiger partial charge in [0, 0.05) is 12.8 Å². The van der Waals surface area contributed by atoms with Crippen LogP contribution in [0.25, 0.3) is 0 Å². The van der Waals surface area contributed by atoms with E-state index in [0.717, 1.165) is 11.1 Å². The molecule has 0 spiro atoms. The van der Waals surface area contributed by atoms with Crippen LogP contribution in [0.1, 0.15) is 18.1 Å². The second kappa shape index (κ2) is 7.04. The quantitative estimate of drug-likeness (QED) is 0.829. The molecule has 1 atom stereocenters. The minimum atomic E-state index is -1.00. The zero-order valence-corrected chi connectivity index (χ0v) is 12.3. The molecule has 0 amide bonds. The van der Waals surface area contributed by atoms with Crippen molar-refractivity contribution in [3.05, 3.63) is 71.8 Å². The Labute approximate surface area is 125 Å². The van der Waals surface area contributed by atoms with E-state index in [1.807, 2.05) is 60.7 Å². The highest BCUT2D eigenvalue weighted by atomic mass is 16.5. The third-order valence-corrected chi connectivity index (χ3v) is 3.35. The van der Waals surface area contributed by atoms with E-state index in [2.05, 4.69) is 0 Å². The van der Waals surface area contributed by atoms with E-state index in [1.165, 1.54) is 0 Å². The van der Waals surface area contributed by atoms with Crippen LogP contribution in [0.5, 0.6) is 0 Å². The molecule has 3 nitrogen and oxygen atoms in total. The highest BCUT2D eigenvalue weighted by Crippen LogP contribution is 2.12. The maximum atomic E-state index is 12.1. The number of carbonyl (C=O) groups excluding carboxylic acids is 1. The number of rotatable bonds is 6. The molecule has 2 aromatic carbocycles. The molecule has 0 aliphatic carbocycles. The number of hydrogen-bond acceptors (Lipinski definition) is 3. The Hall–Kier alpha value is -2.13. The van der Waals surface area contributed by atoms with Crippen LogP contribution in [0.2, 0.25) is 0 Å². The van der Waals surface area contributed by atoms with Gasteiger partial charge in [-0.1, -0.05) is 60.7 Å². The van der Waals surface area contributed by atoms with Gasteiger partial charge in [0.2, 0.25) is 0 Å². The first-order valence-electron chi connectivity index (χ1n) is 7.12. The summed E-state index contributed by atoms with van der Waals surface area (Å²) in [7, 11) is 0. The maximum Gasteiger partial charge on any atom is 0.326 e. The van der Waals surface area contributed by atoms with Crippen LogP contribution in [0.4, 0.5) is 0 Å². The average Bonchev–Trinajstić information content (AvgIpc) is 2.49. The van der Waals surface area contributed by atoms with Gasteiger partial charge in [-0.2, -0.15) is 0 Å². The Morgan fingerprint density at radius 2 is 1.52 bits per heavy atom. The summed E-state index contributed by atoms with van der Waals surface area (Å²) in [6, 6.07) is 19.7. The van der Waals surface area contributed by atoms with Crippen LogP contribution in [-0.4, -0.2) is 18.1 Å². The molecule has 2 N–H and O–H groups in total. The first kappa shape index (κ1) is 15.3. The number of benzene rings is 2. The second-order valence-corrected chi connectivity index (χ2v) is 5.45. The largest absolute Gasteiger partial charge is 0.464 e. The van der Waals surface area contributed by atoms with Gasteiger partial charge >= 0.3 is 5.97 Å². The van der Waals surface area contributed by atoms with E-state index in [-0.39, 0.29) is 5.97 Å². The first-order valence-corrected chi connectivity index (χ1v) is 7.12. The summed E-state index contributed by atoms with van der Waals surface area (Å²) in [6.07, 6.45) is 1.17. The van der Waals surface area contributed by atoms with Gasteiger partial charge in [-0.3, -0.25) is 4.79 Å². The number of nitrogens with two attached hydrogens (primary N) is 1. The fraction of sp³-hybridized carbons (Fsp3) is 0.278. The van der Waals surface area contributed by atoms with Gasteiger partial charge < -0.3 is 10.5 Å². The van der Waals surface area contributed by atoms with Crippen LogP contribution in [0.3, 0.4) is 0 Å². The Morgan fingerprint density at radius 1 is 1.00 bits per heavy atom. The standard InChI is InChI=1S/C18H21NO2/c1-18(19,14-16-10-6-3-7-11-16)17(20)21-13-12-15-8-4-2-5-9-15/h2-11H,12-14,19H2,1H3. The molecule has 2 aromatic rings. The lowest BCUT2D eigenvalue weighted by Gasteiger charge is -2.22. The summed E-state index contributed by atoms with van der Waals surface area (Å²) in [5.74, 6) is -0.359. The average molecular weight is 283 g/mol. The molecule has 3 heteroatoms. The highest BCUT2D eigenvalue weighted by Gasteiger charge is 2.30. The van der Waals surface area contributed by atoms with Crippen molar-refractivity contribution in [3.63, 3.8) is 0 Å². The summed E-state index contributed by atoms with van der Waals surface area (Å²) in [4.78, 5) is 12.1. The lowest BCUT2D eigenvalue weighted by Crippen LogP contribution is -2.48. The van der Waals surface area contributed by atoms with Crippen molar-refractivity contribution < 1.29 is 9.53 Å². The Morgan fingerprint density at radius 3 is 2.10 bits per heavy atom. The Bertz CT molecular complexity index is 564. The van der Waals surface area contributed by atoms with E-state index in [0.29, 0.717) is 19.4 Å². The topological polar surface area (TPSA) is 52.3 Å². The fourth-order valence-electron chi connectivity index (χ4n) is 2.16. The van der Waals surface area contributed by atoms with Crippen molar-refractivity contribution in [1.82, 2.24) is 0 Å². The van der Waals surface area contributed by atoms with Crippen molar-refractivity contribution >= 4 is 5.97 Å². The first-order chi connectivity index (χ1) is 10.1.